The summed E-state index contributed by atoms with van der Waals surface area (Å²) >= 11 is 0. The van der Waals surface area contributed by atoms with E-state index < -0.39 is 0 Å². The summed E-state index contributed by atoms with van der Waals surface area (Å²) in [5.41, 5.74) is 3.12. The summed E-state index contributed by atoms with van der Waals surface area (Å²) in [4.78, 5) is 6.69. The lowest BCUT2D eigenvalue weighted by atomic mass is 9.94. The third-order valence-electron chi connectivity index (χ3n) is 3.70. The van der Waals surface area contributed by atoms with Crippen LogP contribution in [0.15, 0.2) is 12.3 Å². The predicted molar refractivity (Wildman–Crippen MR) is 70.1 cm³/mol. The fraction of sp³-hybridized carbons (Fsp3) is 0.643. The molecule has 0 bridgehead atoms. The number of rotatable bonds is 2. The smallest absolute Gasteiger partial charge is 0.0717 e. The van der Waals surface area contributed by atoms with Crippen molar-refractivity contribution in [3.63, 3.8) is 0 Å². The van der Waals surface area contributed by atoms with Crippen molar-refractivity contribution in [1.29, 1.82) is 0 Å². The summed E-state index contributed by atoms with van der Waals surface area (Å²) in [6.45, 7) is 7.72. The second-order valence-electron chi connectivity index (χ2n) is 5.30. The van der Waals surface area contributed by atoms with Gasteiger partial charge in [-0.2, -0.15) is 0 Å². The Morgan fingerprint density at radius 2 is 2.18 bits per heavy atom. The first-order valence-electron chi connectivity index (χ1n) is 6.45. The first-order chi connectivity index (χ1) is 8.11. The van der Waals surface area contributed by atoms with E-state index in [-0.39, 0.29) is 6.61 Å². The number of aryl methyl sites for hydroxylation is 1. The molecule has 1 saturated heterocycles. The van der Waals surface area contributed by atoms with Crippen LogP contribution in [0.25, 0.3) is 0 Å². The molecule has 1 aliphatic heterocycles. The Morgan fingerprint density at radius 3 is 2.88 bits per heavy atom. The van der Waals surface area contributed by atoms with Gasteiger partial charge in [-0.1, -0.05) is 6.92 Å². The van der Waals surface area contributed by atoms with Gasteiger partial charge in [0, 0.05) is 35.7 Å². The number of aromatic nitrogens is 1. The molecular formula is C14H22N2O. The van der Waals surface area contributed by atoms with Gasteiger partial charge in [-0.25, -0.2) is 0 Å². The topological polar surface area (TPSA) is 36.4 Å². The molecule has 2 rings (SSSR count). The van der Waals surface area contributed by atoms with Gasteiger partial charge in [0.2, 0.25) is 0 Å². The molecule has 1 fully saturated rings. The molecule has 94 valence electrons. The summed E-state index contributed by atoms with van der Waals surface area (Å²) in [6, 6.07) is 2.65. The molecule has 3 heteroatoms. The van der Waals surface area contributed by atoms with Crippen LogP contribution in [0.2, 0.25) is 0 Å². The molecule has 0 radical (unpaired) electrons. The number of hydrogen-bond donors (Lipinski definition) is 1. The molecule has 0 saturated carbocycles. The van der Waals surface area contributed by atoms with Crippen LogP contribution in [0.1, 0.15) is 37.9 Å². The number of pyridine rings is 1. The van der Waals surface area contributed by atoms with Crippen LogP contribution in [0.4, 0.5) is 5.69 Å². The van der Waals surface area contributed by atoms with Gasteiger partial charge in [0.15, 0.2) is 0 Å². The van der Waals surface area contributed by atoms with Crippen molar-refractivity contribution in [3.05, 3.63) is 23.5 Å². The fourth-order valence-electron chi connectivity index (χ4n) is 2.59. The Kier molecular flexibility index (Phi) is 3.67. The maximum absolute atomic E-state index is 9.43. The molecule has 2 unspecified atom stereocenters. The van der Waals surface area contributed by atoms with Gasteiger partial charge in [0.25, 0.3) is 0 Å². The van der Waals surface area contributed by atoms with Crippen molar-refractivity contribution in [1.82, 2.24) is 4.98 Å². The summed E-state index contributed by atoms with van der Waals surface area (Å²) in [6.07, 6.45) is 4.33. The maximum Gasteiger partial charge on any atom is 0.0717 e. The van der Waals surface area contributed by atoms with Crippen molar-refractivity contribution in [2.45, 2.75) is 46.3 Å². The predicted octanol–water partition coefficient (Wildman–Crippen LogP) is 2.51. The molecule has 3 nitrogen and oxygen atoms in total. The first kappa shape index (κ1) is 12.4. The van der Waals surface area contributed by atoms with Crippen LogP contribution in [0, 0.1) is 12.8 Å². The highest BCUT2D eigenvalue weighted by Gasteiger charge is 2.24. The summed E-state index contributed by atoms with van der Waals surface area (Å²) < 4.78 is 0. The van der Waals surface area contributed by atoms with Gasteiger partial charge in [0.05, 0.1) is 6.61 Å². The lowest BCUT2D eigenvalue weighted by Gasteiger charge is -2.39. The van der Waals surface area contributed by atoms with E-state index in [0.717, 1.165) is 23.7 Å². The number of hydrogen-bond acceptors (Lipinski definition) is 3. The van der Waals surface area contributed by atoms with Gasteiger partial charge in [-0.3, -0.25) is 4.98 Å². The second kappa shape index (κ2) is 5.05. The highest BCUT2D eigenvalue weighted by Crippen LogP contribution is 2.30. The van der Waals surface area contributed by atoms with Crippen molar-refractivity contribution < 1.29 is 5.11 Å². The van der Waals surface area contributed by atoms with Crippen LogP contribution >= 0.6 is 0 Å². The summed E-state index contributed by atoms with van der Waals surface area (Å²) in [5, 5.41) is 9.43. The van der Waals surface area contributed by atoms with E-state index in [1.54, 1.807) is 6.20 Å². The van der Waals surface area contributed by atoms with Crippen LogP contribution < -0.4 is 4.90 Å². The third-order valence-corrected chi connectivity index (χ3v) is 3.70. The van der Waals surface area contributed by atoms with Crippen LogP contribution in [0.5, 0.6) is 0 Å². The molecule has 0 spiro atoms. The maximum atomic E-state index is 9.43. The number of aliphatic hydroxyl groups excluding tert-OH is 1. The average Bonchev–Trinajstić information content (AvgIpc) is 2.32. The largest absolute Gasteiger partial charge is 0.392 e. The van der Waals surface area contributed by atoms with Gasteiger partial charge < -0.3 is 10.0 Å². The molecule has 2 heterocycles. The van der Waals surface area contributed by atoms with Crippen molar-refractivity contribution in [2.24, 2.45) is 5.92 Å². The standard InChI is InChI=1S/C14H22N2O/c1-10-4-5-12(3)16(8-10)14-6-11(2)15-7-13(14)9-17/h6-7,10,12,17H,4-5,8-9H2,1-3H3. The van der Waals surface area contributed by atoms with Gasteiger partial charge >= 0.3 is 0 Å². The second-order valence-corrected chi connectivity index (χ2v) is 5.30. The first-order valence-corrected chi connectivity index (χ1v) is 6.45. The zero-order valence-corrected chi connectivity index (χ0v) is 11.0. The van der Waals surface area contributed by atoms with Crippen LogP contribution in [0.3, 0.4) is 0 Å². The molecule has 0 aliphatic carbocycles. The Balaban J connectivity index is 2.33. The number of nitrogens with zero attached hydrogens (tertiary/aromatic N) is 2. The molecule has 2 atom stereocenters. The van der Waals surface area contributed by atoms with E-state index in [9.17, 15) is 5.11 Å². The monoisotopic (exact) mass is 234 g/mol. The molecule has 1 aliphatic rings. The minimum absolute atomic E-state index is 0.0697. The lowest BCUT2D eigenvalue weighted by molar-refractivity contribution is 0.280. The molecule has 0 amide bonds. The highest BCUT2D eigenvalue weighted by molar-refractivity contribution is 5.54. The minimum Gasteiger partial charge on any atom is -0.392 e. The van der Waals surface area contributed by atoms with Gasteiger partial charge in [-0.15, -0.1) is 0 Å². The molecule has 1 aromatic heterocycles. The van der Waals surface area contributed by atoms with Crippen molar-refractivity contribution >= 4 is 5.69 Å². The Hall–Kier alpha value is -1.09. The van der Waals surface area contributed by atoms with Crippen molar-refractivity contribution in [3.8, 4) is 0 Å². The summed E-state index contributed by atoms with van der Waals surface area (Å²) in [5.74, 6) is 0.728. The normalized spacial score (nSPS) is 25.1. The van der Waals surface area contributed by atoms with Crippen LogP contribution in [-0.2, 0) is 6.61 Å². The van der Waals surface area contributed by atoms with Crippen LogP contribution in [-0.4, -0.2) is 22.7 Å². The molecule has 0 aromatic carbocycles. The van der Waals surface area contributed by atoms with E-state index in [4.69, 9.17) is 0 Å². The average molecular weight is 234 g/mol. The number of aliphatic hydroxyl groups is 1. The highest BCUT2D eigenvalue weighted by atomic mass is 16.3. The quantitative estimate of drug-likeness (QED) is 0.854. The van der Waals surface area contributed by atoms with Crippen molar-refractivity contribution in [2.75, 3.05) is 11.4 Å². The molecular weight excluding hydrogens is 212 g/mol. The Labute approximate surface area is 103 Å². The Bertz CT molecular complexity index is 392. The van der Waals surface area contributed by atoms with E-state index >= 15 is 0 Å². The lowest BCUT2D eigenvalue weighted by Crippen LogP contribution is -2.41. The van der Waals surface area contributed by atoms with Gasteiger partial charge in [-0.05, 0) is 38.7 Å². The SMILES string of the molecule is Cc1cc(N2CC(C)CCC2C)c(CO)cn1. The zero-order valence-electron chi connectivity index (χ0n) is 11.0. The van der Waals surface area contributed by atoms with E-state index in [1.165, 1.54) is 18.5 Å². The van der Waals surface area contributed by atoms with E-state index in [1.807, 2.05) is 6.92 Å². The fourth-order valence-corrected chi connectivity index (χ4v) is 2.59. The minimum atomic E-state index is 0.0697. The number of anilines is 1. The molecule has 17 heavy (non-hydrogen) atoms. The molecule has 1 N–H and O–H groups in total. The van der Waals surface area contributed by atoms with E-state index in [0.29, 0.717) is 6.04 Å². The Morgan fingerprint density at radius 1 is 1.41 bits per heavy atom. The summed E-state index contributed by atoms with van der Waals surface area (Å²) in [7, 11) is 0. The van der Waals surface area contributed by atoms with Gasteiger partial charge in [0.1, 0.15) is 0 Å². The zero-order chi connectivity index (χ0) is 12.4. The van der Waals surface area contributed by atoms with E-state index in [2.05, 4.69) is 29.8 Å². The third kappa shape index (κ3) is 2.60. The number of piperidine rings is 1. The molecule has 1 aromatic rings.